The van der Waals surface area contributed by atoms with Crippen molar-refractivity contribution in [2.24, 2.45) is 0 Å². The van der Waals surface area contributed by atoms with E-state index in [9.17, 15) is 9.59 Å². The number of nitrogens with zero attached hydrogens (tertiary/aromatic N) is 1. The van der Waals surface area contributed by atoms with Crippen LogP contribution >= 0.6 is 15.9 Å². The third kappa shape index (κ3) is 3.83. The average Bonchev–Trinajstić information content (AvgIpc) is 2.90. The molecule has 1 aliphatic heterocycles. The van der Waals surface area contributed by atoms with Crippen LogP contribution in [0.15, 0.2) is 59.1 Å². The molecule has 0 N–H and O–H groups in total. The summed E-state index contributed by atoms with van der Waals surface area (Å²) in [4.78, 5) is 26.7. The number of carbonyl (C=O) groups is 2. The summed E-state index contributed by atoms with van der Waals surface area (Å²) in [6, 6.07) is 17.6. The van der Waals surface area contributed by atoms with E-state index in [1.165, 1.54) is 4.90 Å². The second kappa shape index (κ2) is 7.62. The minimum absolute atomic E-state index is 0.198. The van der Waals surface area contributed by atoms with E-state index >= 15 is 0 Å². The number of amides is 2. The fourth-order valence-corrected chi connectivity index (χ4v) is 3.76. The molecule has 2 aromatic rings. The number of carbonyl (C=O) groups excluding carboxylic acids is 2. The van der Waals surface area contributed by atoms with Crippen molar-refractivity contribution >= 4 is 27.9 Å². The summed E-state index contributed by atoms with van der Waals surface area (Å²) in [6.07, 6.45) is 0.795. The number of benzene rings is 2. The van der Waals surface area contributed by atoms with Gasteiger partial charge in [0, 0.05) is 4.47 Å². The molecule has 1 saturated heterocycles. The molecule has 2 aromatic carbocycles. The van der Waals surface area contributed by atoms with E-state index in [1.807, 2.05) is 68.4 Å². The molecule has 0 radical (unpaired) electrons. The SMILES string of the molecule is CC1(C)COC(=O)N1C(=O)C(CCc1ccccc1Br)c1ccccc1. The lowest BCUT2D eigenvalue weighted by molar-refractivity contribution is -0.132. The summed E-state index contributed by atoms with van der Waals surface area (Å²) in [6.45, 7) is 3.93. The van der Waals surface area contributed by atoms with Crippen LogP contribution in [0.2, 0.25) is 0 Å². The highest BCUT2D eigenvalue weighted by Gasteiger charge is 2.46. The van der Waals surface area contributed by atoms with Crippen molar-refractivity contribution < 1.29 is 14.3 Å². The van der Waals surface area contributed by atoms with Gasteiger partial charge in [0.15, 0.2) is 0 Å². The van der Waals surface area contributed by atoms with Gasteiger partial charge in [-0.2, -0.15) is 0 Å². The number of aryl methyl sites for hydroxylation is 1. The number of rotatable bonds is 5. The van der Waals surface area contributed by atoms with Gasteiger partial charge in [0.25, 0.3) is 0 Å². The van der Waals surface area contributed by atoms with Gasteiger partial charge >= 0.3 is 6.09 Å². The van der Waals surface area contributed by atoms with Crippen LogP contribution in [0, 0.1) is 0 Å². The van der Waals surface area contributed by atoms with Gasteiger partial charge in [-0.1, -0.05) is 64.5 Å². The molecule has 0 spiro atoms. The number of imide groups is 1. The van der Waals surface area contributed by atoms with Crippen LogP contribution in [0.1, 0.15) is 37.3 Å². The molecule has 5 heteroatoms. The van der Waals surface area contributed by atoms with E-state index in [-0.39, 0.29) is 12.5 Å². The molecular formula is C21H22BrNO3. The molecule has 1 atom stereocenters. The predicted octanol–water partition coefficient (Wildman–Crippen LogP) is 4.92. The first-order valence-electron chi connectivity index (χ1n) is 8.69. The number of hydrogen-bond acceptors (Lipinski definition) is 3. The Balaban J connectivity index is 1.88. The highest BCUT2D eigenvalue weighted by atomic mass is 79.9. The van der Waals surface area contributed by atoms with Gasteiger partial charge < -0.3 is 4.74 Å². The lowest BCUT2D eigenvalue weighted by atomic mass is 9.90. The summed E-state index contributed by atoms with van der Waals surface area (Å²) in [5.41, 5.74) is 1.43. The Bertz CT molecular complexity index is 804. The Morgan fingerprint density at radius 3 is 2.42 bits per heavy atom. The normalized spacial score (nSPS) is 17.0. The minimum Gasteiger partial charge on any atom is -0.447 e. The number of halogens is 1. The maximum Gasteiger partial charge on any atom is 0.417 e. The summed E-state index contributed by atoms with van der Waals surface area (Å²) in [7, 11) is 0. The maximum absolute atomic E-state index is 13.3. The first kappa shape index (κ1) is 18.6. The van der Waals surface area contributed by atoms with Gasteiger partial charge in [0.1, 0.15) is 6.61 Å². The van der Waals surface area contributed by atoms with E-state index in [4.69, 9.17) is 4.74 Å². The second-order valence-electron chi connectivity index (χ2n) is 7.13. The largest absolute Gasteiger partial charge is 0.447 e. The zero-order valence-corrected chi connectivity index (χ0v) is 16.5. The molecule has 0 bridgehead atoms. The topological polar surface area (TPSA) is 46.6 Å². The van der Waals surface area contributed by atoms with E-state index in [1.54, 1.807) is 0 Å². The lowest BCUT2D eigenvalue weighted by Gasteiger charge is -2.30. The summed E-state index contributed by atoms with van der Waals surface area (Å²) >= 11 is 3.56. The van der Waals surface area contributed by atoms with Crippen LogP contribution in [0.4, 0.5) is 4.79 Å². The minimum atomic E-state index is -0.630. The van der Waals surface area contributed by atoms with Crippen molar-refractivity contribution in [2.75, 3.05) is 6.61 Å². The second-order valence-corrected chi connectivity index (χ2v) is 7.99. The first-order chi connectivity index (χ1) is 12.4. The predicted molar refractivity (Wildman–Crippen MR) is 104 cm³/mol. The van der Waals surface area contributed by atoms with Crippen LogP contribution < -0.4 is 0 Å². The molecular weight excluding hydrogens is 394 g/mol. The molecule has 136 valence electrons. The van der Waals surface area contributed by atoms with Gasteiger partial charge in [-0.25, -0.2) is 9.69 Å². The van der Waals surface area contributed by atoms with Crippen LogP contribution in [0.25, 0.3) is 0 Å². The van der Waals surface area contributed by atoms with Crippen molar-refractivity contribution in [3.8, 4) is 0 Å². The molecule has 0 saturated carbocycles. The van der Waals surface area contributed by atoms with Gasteiger partial charge in [0.2, 0.25) is 5.91 Å². The van der Waals surface area contributed by atoms with Gasteiger partial charge in [-0.05, 0) is 43.9 Å². The highest BCUT2D eigenvalue weighted by molar-refractivity contribution is 9.10. The molecule has 1 fully saturated rings. The first-order valence-corrected chi connectivity index (χ1v) is 9.48. The van der Waals surface area contributed by atoms with Crippen LogP contribution in [0.3, 0.4) is 0 Å². The van der Waals surface area contributed by atoms with Crippen molar-refractivity contribution in [3.63, 3.8) is 0 Å². The highest BCUT2D eigenvalue weighted by Crippen LogP contribution is 2.32. The van der Waals surface area contributed by atoms with Crippen molar-refractivity contribution in [3.05, 3.63) is 70.2 Å². The average molecular weight is 416 g/mol. The number of cyclic esters (lactones) is 1. The standard InChI is InChI=1S/C21H22BrNO3/c1-21(2)14-26-20(25)23(21)19(24)17(15-8-4-3-5-9-15)13-12-16-10-6-7-11-18(16)22/h3-11,17H,12-14H2,1-2H3. The monoisotopic (exact) mass is 415 g/mol. The third-order valence-corrected chi connectivity index (χ3v) is 5.49. The van der Waals surface area contributed by atoms with E-state index < -0.39 is 17.6 Å². The Morgan fingerprint density at radius 1 is 1.15 bits per heavy atom. The fourth-order valence-electron chi connectivity index (χ4n) is 3.28. The third-order valence-electron chi connectivity index (χ3n) is 4.72. The van der Waals surface area contributed by atoms with Crippen LogP contribution in [-0.4, -0.2) is 29.0 Å². The van der Waals surface area contributed by atoms with E-state index in [2.05, 4.69) is 15.9 Å². The molecule has 0 aliphatic carbocycles. The summed E-state index contributed by atoms with van der Waals surface area (Å²) in [5.74, 6) is -0.594. The zero-order chi connectivity index (χ0) is 18.7. The molecule has 4 nitrogen and oxygen atoms in total. The molecule has 1 aliphatic rings. The molecule has 2 amide bonds. The van der Waals surface area contributed by atoms with Crippen LogP contribution in [-0.2, 0) is 16.0 Å². The fraction of sp³-hybridized carbons (Fsp3) is 0.333. The molecule has 0 aromatic heterocycles. The Morgan fingerprint density at radius 2 is 1.81 bits per heavy atom. The quantitative estimate of drug-likeness (QED) is 0.695. The number of ether oxygens (including phenoxy) is 1. The van der Waals surface area contributed by atoms with Gasteiger partial charge in [0.05, 0.1) is 11.5 Å². The maximum atomic E-state index is 13.3. The Hall–Kier alpha value is -2.14. The van der Waals surface area contributed by atoms with Crippen molar-refractivity contribution in [1.82, 2.24) is 4.90 Å². The summed E-state index contributed by atoms with van der Waals surface area (Å²) in [5, 5.41) is 0. The molecule has 3 rings (SSSR count). The zero-order valence-electron chi connectivity index (χ0n) is 14.9. The smallest absolute Gasteiger partial charge is 0.417 e. The molecule has 1 heterocycles. The van der Waals surface area contributed by atoms with Crippen LogP contribution in [0.5, 0.6) is 0 Å². The Kier molecular flexibility index (Phi) is 5.47. The van der Waals surface area contributed by atoms with Crippen molar-refractivity contribution in [1.29, 1.82) is 0 Å². The van der Waals surface area contributed by atoms with E-state index in [0.29, 0.717) is 6.42 Å². The molecule has 1 unspecified atom stereocenters. The van der Waals surface area contributed by atoms with Gasteiger partial charge in [-0.3, -0.25) is 4.79 Å². The molecule has 26 heavy (non-hydrogen) atoms. The number of hydrogen-bond donors (Lipinski definition) is 0. The lowest BCUT2D eigenvalue weighted by Crippen LogP contribution is -2.48. The summed E-state index contributed by atoms with van der Waals surface area (Å²) < 4.78 is 6.16. The Labute approximate surface area is 162 Å². The van der Waals surface area contributed by atoms with E-state index in [0.717, 1.165) is 22.0 Å². The van der Waals surface area contributed by atoms with Gasteiger partial charge in [-0.15, -0.1) is 0 Å². The van der Waals surface area contributed by atoms with Crippen molar-refractivity contribution in [2.45, 2.75) is 38.1 Å².